The molecule has 1 N–H and O–H groups in total. The first kappa shape index (κ1) is 12.6. The number of carbonyl (C=O) groups is 2. The maximum Gasteiger partial charge on any atom is 0.280 e. The number of rotatable bonds is 3. The van der Waals surface area contributed by atoms with Crippen molar-refractivity contribution in [1.82, 2.24) is 9.66 Å². The third kappa shape index (κ3) is 2.21. The van der Waals surface area contributed by atoms with E-state index in [0.717, 1.165) is 11.0 Å². The third-order valence-electron chi connectivity index (χ3n) is 2.85. The van der Waals surface area contributed by atoms with Crippen LogP contribution < -0.4 is 5.43 Å². The molecule has 100 valence electrons. The van der Waals surface area contributed by atoms with Crippen LogP contribution in [0, 0.1) is 0 Å². The standard InChI is InChI=1S/C14H11N3O2S/c1-9(18)12-6-7-13(20-12)14(19)16-17-8-15-10-4-2-3-5-11(10)17/h2-8H,1H3,(H,16,19). The Balaban J connectivity index is 1.86. The van der Waals surface area contributed by atoms with Gasteiger partial charge in [-0.15, -0.1) is 11.3 Å². The van der Waals surface area contributed by atoms with E-state index >= 15 is 0 Å². The van der Waals surface area contributed by atoms with Crippen molar-refractivity contribution < 1.29 is 9.59 Å². The number of hydrogen-bond acceptors (Lipinski definition) is 4. The fourth-order valence-electron chi connectivity index (χ4n) is 1.86. The normalized spacial score (nSPS) is 10.7. The van der Waals surface area contributed by atoms with Crippen LogP contribution in [0.15, 0.2) is 42.7 Å². The summed E-state index contributed by atoms with van der Waals surface area (Å²) < 4.78 is 1.57. The van der Waals surface area contributed by atoms with E-state index in [0.29, 0.717) is 9.75 Å². The number of fused-ring (bicyclic) bond motifs is 1. The summed E-state index contributed by atoms with van der Waals surface area (Å²) in [5.41, 5.74) is 4.38. The first-order valence-corrected chi connectivity index (χ1v) is 6.81. The summed E-state index contributed by atoms with van der Waals surface area (Å²) in [6, 6.07) is 10.8. The van der Waals surface area contributed by atoms with Gasteiger partial charge in [0.2, 0.25) is 0 Å². The molecule has 2 aromatic heterocycles. The summed E-state index contributed by atoms with van der Waals surface area (Å²) >= 11 is 1.18. The van der Waals surface area contributed by atoms with Crippen LogP contribution in [0.25, 0.3) is 11.0 Å². The van der Waals surface area contributed by atoms with Gasteiger partial charge in [0, 0.05) is 0 Å². The Morgan fingerprint density at radius 1 is 1.15 bits per heavy atom. The zero-order valence-corrected chi connectivity index (χ0v) is 11.5. The number of thiophene rings is 1. The molecule has 20 heavy (non-hydrogen) atoms. The molecule has 1 amide bonds. The predicted octanol–water partition coefficient (Wildman–Crippen LogP) is 2.68. The fraction of sp³-hybridized carbons (Fsp3) is 0.0714. The summed E-state index contributed by atoms with van der Waals surface area (Å²) in [5, 5.41) is 0. The third-order valence-corrected chi connectivity index (χ3v) is 4.04. The SMILES string of the molecule is CC(=O)c1ccc(C(=O)Nn2cnc3ccccc32)s1. The predicted molar refractivity (Wildman–Crippen MR) is 77.7 cm³/mol. The molecule has 6 heteroatoms. The van der Waals surface area contributed by atoms with E-state index in [9.17, 15) is 9.59 Å². The first-order valence-electron chi connectivity index (χ1n) is 5.99. The number of aromatic nitrogens is 2. The van der Waals surface area contributed by atoms with Crippen LogP contribution in [0.1, 0.15) is 26.3 Å². The topological polar surface area (TPSA) is 64.0 Å². The lowest BCUT2D eigenvalue weighted by molar-refractivity contribution is 0.101. The minimum absolute atomic E-state index is 0.0397. The Bertz CT molecular complexity index is 803. The zero-order chi connectivity index (χ0) is 14.1. The van der Waals surface area contributed by atoms with Crippen molar-refractivity contribution in [2.75, 3.05) is 5.43 Å². The lowest BCUT2D eigenvalue weighted by Crippen LogP contribution is -2.21. The summed E-state index contributed by atoms with van der Waals surface area (Å²) in [6.07, 6.45) is 1.56. The van der Waals surface area contributed by atoms with Crippen LogP contribution in [0.3, 0.4) is 0 Å². The van der Waals surface area contributed by atoms with Crippen molar-refractivity contribution in [3.8, 4) is 0 Å². The second kappa shape index (κ2) is 4.90. The minimum Gasteiger partial charge on any atom is -0.294 e. The Kier molecular flexibility index (Phi) is 3.08. The summed E-state index contributed by atoms with van der Waals surface area (Å²) in [6.45, 7) is 1.48. The monoisotopic (exact) mass is 285 g/mol. The van der Waals surface area contributed by atoms with E-state index in [1.807, 2.05) is 24.3 Å². The Morgan fingerprint density at radius 3 is 2.65 bits per heavy atom. The van der Waals surface area contributed by atoms with Crippen molar-refractivity contribution in [2.24, 2.45) is 0 Å². The Morgan fingerprint density at radius 2 is 1.90 bits per heavy atom. The molecular formula is C14H11N3O2S. The summed E-state index contributed by atoms with van der Waals surface area (Å²) in [4.78, 5) is 28.6. The lowest BCUT2D eigenvalue weighted by Gasteiger charge is -2.05. The van der Waals surface area contributed by atoms with Crippen LogP contribution in [-0.2, 0) is 0 Å². The molecule has 0 saturated heterocycles. The van der Waals surface area contributed by atoms with Crippen molar-refractivity contribution in [3.05, 3.63) is 52.5 Å². The summed E-state index contributed by atoms with van der Waals surface area (Å²) in [5.74, 6) is -0.298. The molecule has 0 aliphatic carbocycles. The highest BCUT2D eigenvalue weighted by Crippen LogP contribution is 2.17. The summed E-state index contributed by atoms with van der Waals surface area (Å²) in [7, 11) is 0. The van der Waals surface area contributed by atoms with E-state index in [2.05, 4.69) is 10.4 Å². The molecule has 0 aliphatic rings. The van der Waals surface area contributed by atoms with Gasteiger partial charge in [-0.2, -0.15) is 0 Å². The van der Waals surface area contributed by atoms with Gasteiger partial charge in [0.05, 0.1) is 20.8 Å². The van der Waals surface area contributed by atoms with Gasteiger partial charge in [-0.25, -0.2) is 9.66 Å². The fourth-order valence-corrected chi connectivity index (χ4v) is 2.65. The number of amides is 1. The van der Waals surface area contributed by atoms with Gasteiger partial charge in [-0.1, -0.05) is 12.1 Å². The second-order valence-electron chi connectivity index (χ2n) is 4.26. The molecule has 0 saturated carbocycles. The molecule has 0 fully saturated rings. The molecular weight excluding hydrogens is 274 g/mol. The molecule has 3 aromatic rings. The van der Waals surface area contributed by atoms with Crippen LogP contribution in [-0.4, -0.2) is 21.4 Å². The number of benzene rings is 1. The van der Waals surface area contributed by atoms with E-state index in [1.165, 1.54) is 18.3 Å². The van der Waals surface area contributed by atoms with Crippen molar-refractivity contribution in [2.45, 2.75) is 6.92 Å². The number of Topliss-reactive ketones (excluding diaryl/α,β-unsaturated/α-hetero) is 1. The highest BCUT2D eigenvalue weighted by atomic mass is 32.1. The van der Waals surface area contributed by atoms with E-state index < -0.39 is 0 Å². The molecule has 0 aliphatic heterocycles. The number of hydrogen-bond donors (Lipinski definition) is 1. The minimum atomic E-state index is -0.259. The lowest BCUT2D eigenvalue weighted by atomic mass is 10.3. The molecule has 0 bridgehead atoms. The molecule has 2 heterocycles. The van der Waals surface area contributed by atoms with E-state index in [1.54, 1.807) is 23.1 Å². The van der Waals surface area contributed by atoms with Gasteiger partial charge in [0.25, 0.3) is 5.91 Å². The second-order valence-corrected chi connectivity index (χ2v) is 5.35. The number of nitrogens with one attached hydrogen (secondary N) is 1. The Hall–Kier alpha value is -2.47. The average molecular weight is 285 g/mol. The number of para-hydroxylation sites is 2. The maximum atomic E-state index is 12.1. The van der Waals surface area contributed by atoms with Crippen LogP contribution in [0.5, 0.6) is 0 Å². The molecule has 0 spiro atoms. The van der Waals surface area contributed by atoms with Gasteiger partial charge in [0.15, 0.2) is 5.78 Å². The quantitative estimate of drug-likeness (QED) is 0.752. The van der Waals surface area contributed by atoms with Gasteiger partial charge in [-0.3, -0.25) is 15.0 Å². The number of imidazole rings is 1. The molecule has 0 radical (unpaired) electrons. The van der Waals surface area contributed by atoms with Gasteiger partial charge in [0.1, 0.15) is 6.33 Å². The molecule has 0 unspecified atom stereocenters. The largest absolute Gasteiger partial charge is 0.294 e. The van der Waals surface area contributed by atoms with Gasteiger partial charge >= 0.3 is 0 Å². The smallest absolute Gasteiger partial charge is 0.280 e. The van der Waals surface area contributed by atoms with Crippen LogP contribution >= 0.6 is 11.3 Å². The van der Waals surface area contributed by atoms with Crippen LogP contribution in [0.4, 0.5) is 0 Å². The molecule has 0 atom stereocenters. The Labute approximate surface area is 118 Å². The maximum absolute atomic E-state index is 12.1. The molecule has 5 nitrogen and oxygen atoms in total. The molecule has 3 rings (SSSR count). The van der Waals surface area contributed by atoms with Crippen molar-refractivity contribution in [3.63, 3.8) is 0 Å². The average Bonchev–Trinajstić information content (AvgIpc) is 3.06. The van der Waals surface area contributed by atoms with Crippen LogP contribution in [0.2, 0.25) is 0 Å². The number of nitrogens with zero attached hydrogens (tertiary/aromatic N) is 2. The van der Waals surface area contributed by atoms with Crippen molar-refractivity contribution >= 4 is 34.1 Å². The van der Waals surface area contributed by atoms with Gasteiger partial charge < -0.3 is 0 Å². The molecule has 1 aromatic carbocycles. The van der Waals surface area contributed by atoms with Crippen molar-refractivity contribution in [1.29, 1.82) is 0 Å². The van der Waals surface area contributed by atoms with E-state index in [-0.39, 0.29) is 11.7 Å². The highest BCUT2D eigenvalue weighted by Gasteiger charge is 2.12. The van der Waals surface area contributed by atoms with E-state index in [4.69, 9.17) is 0 Å². The zero-order valence-electron chi connectivity index (χ0n) is 10.7. The first-order chi connectivity index (χ1) is 9.65. The number of carbonyl (C=O) groups excluding carboxylic acids is 2. The van der Waals surface area contributed by atoms with Gasteiger partial charge in [-0.05, 0) is 31.2 Å². The number of ketones is 1. The highest BCUT2D eigenvalue weighted by molar-refractivity contribution is 7.16.